The van der Waals surface area contributed by atoms with Crippen molar-refractivity contribution >= 4 is 5.69 Å². The number of H-pyrrole nitrogens is 1. The molecular formula is C16H21N3. The number of benzene rings is 1. The molecule has 1 aromatic heterocycles. The summed E-state index contributed by atoms with van der Waals surface area (Å²) in [5.41, 5.74) is 2.47. The molecule has 2 N–H and O–H groups in total. The topological polar surface area (TPSA) is 40.7 Å². The predicted molar refractivity (Wildman–Crippen MR) is 78.0 cm³/mol. The van der Waals surface area contributed by atoms with E-state index < -0.39 is 0 Å². The number of hydrogen-bond donors (Lipinski definition) is 2. The van der Waals surface area contributed by atoms with Gasteiger partial charge in [0.05, 0.1) is 17.9 Å². The van der Waals surface area contributed by atoms with E-state index in [0.29, 0.717) is 6.04 Å². The van der Waals surface area contributed by atoms with Gasteiger partial charge in [-0.1, -0.05) is 49.6 Å². The number of aromatic nitrogens is 2. The van der Waals surface area contributed by atoms with Gasteiger partial charge in [0.1, 0.15) is 0 Å². The third-order valence-electron chi connectivity index (χ3n) is 4.10. The Balaban J connectivity index is 1.82. The van der Waals surface area contributed by atoms with E-state index in [1.54, 1.807) is 0 Å². The van der Waals surface area contributed by atoms with Crippen molar-refractivity contribution in [3.05, 3.63) is 48.3 Å². The van der Waals surface area contributed by atoms with Gasteiger partial charge >= 0.3 is 0 Å². The quantitative estimate of drug-likeness (QED) is 0.862. The van der Waals surface area contributed by atoms with E-state index in [9.17, 15) is 0 Å². The van der Waals surface area contributed by atoms with Crippen molar-refractivity contribution in [2.45, 2.75) is 38.1 Å². The maximum Gasteiger partial charge on any atom is 0.0728 e. The zero-order valence-corrected chi connectivity index (χ0v) is 11.2. The number of aromatic amines is 1. The molecule has 0 bridgehead atoms. The molecule has 1 aromatic carbocycles. The third-order valence-corrected chi connectivity index (χ3v) is 4.10. The fourth-order valence-corrected chi connectivity index (χ4v) is 3.11. The van der Waals surface area contributed by atoms with E-state index in [1.165, 1.54) is 37.7 Å². The molecule has 0 radical (unpaired) electrons. The van der Waals surface area contributed by atoms with Crippen molar-refractivity contribution < 1.29 is 0 Å². The molecule has 3 rings (SSSR count). The summed E-state index contributed by atoms with van der Waals surface area (Å²) in [6.45, 7) is 0. The lowest BCUT2D eigenvalue weighted by atomic mass is 9.81. The van der Waals surface area contributed by atoms with Gasteiger partial charge in [-0.05, 0) is 24.3 Å². The molecule has 0 saturated heterocycles. The molecule has 1 atom stereocenters. The maximum atomic E-state index is 4.03. The van der Waals surface area contributed by atoms with E-state index in [2.05, 4.69) is 45.8 Å². The molecule has 0 aliphatic heterocycles. The lowest BCUT2D eigenvalue weighted by Gasteiger charge is -2.31. The summed E-state index contributed by atoms with van der Waals surface area (Å²) in [6.07, 6.45) is 10.6. The number of hydrogen-bond acceptors (Lipinski definition) is 2. The fraction of sp³-hybridized carbons (Fsp3) is 0.438. The van der Waals surface area contributed by atoms with Crippen molar-refractivity contribution in [1.29, 1.82) is 0 Å². The number of nitrogens with one attached hydrogen (secondary N) is 2. The Labute approximate surface area is 114 Å². The first-order chi connectivity index (χ1) is 9.43. The molecule has 1 fully saturated rings. The largest absolute Gasteiger partial charge is 0.375 e. The number of rotatable bonds is 4. The Morgan fingerprint density at radius 2 is 1.89 bits per heavy atom. The minimum atomic E-state index is 0.402. The van der Waals surface area contributed by atoms with Crippen molar-refractivity contribution in [3.63, 3.8) is 0 Å². The molecule has 19 heavy (non-hydrogen) atoms. The van der Waals surface area contributed by atoms with Crippen LogP contribution in [0, 0.1) is 5.92 Å². The van der Waals surface area contributed by atoms with Gasteiger partial charge < -0.3 is 5.32 Å². The molecule has 1 heterocycles. The average Bonchev–Trinajstić information content (AvgIpc) is 3.00. The first-order valence-electron chi connectivity index (χ1n) is 7.24. The number of nitrogens with zero attached hydrogens (tertiary/aromatic N) is 1. The highest BCUT2D eigenvalue weighted by Gasteiger charge is 2.25. The summed E-state index contributed by atoms with van der Waals surface area (Å²) in [4.78, 5) is 0. The smallest absolute Gasteiger partial charge is 0.0728 e. The summed E-state index contributed by atoms with van der Waals surface area (Å²) in [6, 6.07) is 11.2. The molecule has 1 aliphatic carbocycles. The molecule has 1 aliphatic rings. The molecule has 1 unspecified atom stereocenters. The molecule has 0 amide bonds. The SMILES string of the molecule is c1ccc(C(Nc2cn[nH]c2)C2CCCCC2)cc1. The van der Waals surface area contributed by atoms with Crippen LogP contribution in [0.15, 0.2) is 42.7 Å². The summed E-state index contributed by atoms with van der Waals surface area (Å²) in [5, 5.41) is 10.6. The van der Waals surface area contributed by atoms with Crippen molar-refractivity contribution in [1.82, 2.24) is 10.2 Å². The summed E-state index contributed by atoms with van der Waals surface area (Å²) in [5.74, 6) is 0.728. The van der Waals surface area contributed by atoms with E-state index in [4.69, 9.17) is 0 Å². The van der Waals surface area contributed by atoms with E-state index in [0.717, 1.165) is 11.6 Å². The van der Waals surface area contributed by atoms with Crippen LogP contribution in [0.1, 0.15) is 43.7 Å². The van der Waals surface area contributed by atoms with Gasteiger partial charge in [0, 0.05) is 6.20 Å². The first kappa shape index (κ1) is 12.3. The van der Waals surface area contributed by atoms with Gasteiger partial charge in [-0.3, -0.25) is 5.10 Å². The molecule has 0 spiro atoms. The van der Waals surface area contributed by atoms with Crippen LogP contribution >= 0.6 is 0 Å². The van der Waals surface area contributed by atoms with Crippen LogP contribution in [0.3, 0.4) is 0 Å². The lowest BCUT2D eigenvalue weighted by molar-refractivity contribution is 0.321. The second-order valence-electron chi connectivity index (χ2n) is 5.42. The van der Waals surface area contributed by atoms with Crippen LogP contribution in [-0.4, -0.2) is 10.2 Å². The van der Waals surface area contributed by atoms with Crippen LogP contribution in [-0.2, 0) is 0 Å². The molecular weight excluding hydrogens is 234 g/mol. The van der Waals surface area contributed by atoms with Crippen LogP contribution < -0.4 is 5.32 Å². The fourth-order valence-electron chi connectivity index (χ4n) is 3.11. The first-order valence-corrected chi connectivity index (χ1v) is 7.24. The third kappa shape index (κ3) is 2.98. The van der Waals surface area contributed by atoms with Crippen molar-refractivity contribution in [2.75, 3.05) is 5.32 Å². The van der Waals surface area contributed by atoms with Gasteiger partial charge in [-0.2, -0.15) is 5.10 Å². The highest BCUT2D eigenvalue weighted by molar-refractivity contribution is 5.41. The molecule has 1 saturated carbocycles. The Bertz CT molecular complexity index is 472. The standard InChI is InChI=1S/C16H21N3/c1-3-7-13(8-4-1)16(14-9-5-2-6-10-14)19-15-11-17-18-12-15/h1,3-4,7-8,11-12,14,16,19H,2,5-6,9-10H2,(H,17,18). The Hall–Kier alpha value is -1.77. The van der Waals surface area contributed by atoms with Crippen LogP contribution in [0.25, 0.3) is 0 Å². The van der Waals surface area contributed by atoms with Crippen LogP contribution in [0.4, 0.5) is 5.69 Å². The van der Waals surface area contributed by atoms with Crippen LogP contribution in [0.2, 0.25) is 0 Å². The van der Waals surface area contributed by atoms with Gasteiger partial charge in [-0.15, -0.1) is 0 Å². The van der Waals surface area contributed by atoms with Gasteiger partial charge in [0.2, 0.25) is 0 Å². The zero-order chi connectivity index (χ0) is 12.9. The normalized spacial score (nSPS) is 18.1. The highest BCUT2D eigenvalue weighted by Crippen LogP contribution is 2.36. The second kappa shape index (κ2) is 5.91. The van der Waals surface area contributed by atoms with Crippen molar-refractivity contribution in [2.24, 2.45) is 5.92 Å². The zero-order valence-electron chi connectivity index (χ0n) is 11.2. The van der Waals surface area contributed by atoms with E-state index in [1.807, 2.05) is 12.4 Å². The number of anilines is 1. The van der Waals surface area contributed by atoms with Gasteiger partial charge in [0.15, 0.2) is 0 Å². The summed E-state index contributed by atoms with van der Waals surface area (Å²) >= 11 is 0. The monoisotopic (exact) mass is 255 g/mol. The maximum absolute atomic E-state index is 4.03. The molecule has 2 aromatic rings. The minimum Gasteiger partial charge on any atom is -0.375 e. The minimum absolute atomic E-state index is 0.402. The molecule has 3 nitrogen and oxygen atoms in total. The average molecular weight is 255 g/mol. The molecule has 3 heteroatoms. The van der Waals surface area contributed by atoms with Crippen LogP contribution in [0.5, 0.6) is 0 Å². The van der Waals surface area contributed by atoms with Gasteiger partial charge in [-0.25, -0.2) is 0 Å². The summed E-state index contributed by atoms with van der Waals surface area (Å²) < 4.78 is 0. The van der Waals surface area contributed by atoms with Gasteiger partial charge in [0.25, 0.3) is 0 Å². The lowest BCUT2D eigenvalue weighted by Crippen LogP contribution is -2.23. The Morgan fingerprint density at radius 1 is 1.11 bits per heavy atom. The van der Waals surface area contributed by atoms with E-state index >= 15 is 0 Å². The highest BCUT2D eigenvalue weighted by atomic mass is 15.1. The van der Waals surface area contributed by atoms with E-state index in [-0.39, 0.29) is 0 Å². The molecule has 100 valence electrons. The predicted octanol–water partition coefficient (Wildman–Crippen LogP) is 4.14. The second-order valence-corrected chi connectivity index (χ2v) is 5.42. The Kier molecular flexibility index (Phi) is 3.82. The Morgan fingerprint density at radius 3 is 2.58 bits per heavy atom. The summed E-state index contributed by atoms with van der Waals surface area (Å²) in [7, 11) is 0. The van der Waals surface area contributed by atoms with Crippen molar-refractivity contribution in [3.8, 4) is 0 Å².